The van der Waals surface area contributed by atoms with Gasteiger partial charge in [-0.05, 0) is 12.1 Å². The van der Waals surface area contributed by atoms with Crippen LogP contribution >= 0.6 is 12.4 Å². The number of nitrogens with two attached hydrogens (primary N) is 1. The zero-order chi connectivity index (χ0) is 18.9. The minimum atomic E-state index is -3.59. The number of aromatic nitrogens is 2. The molecule has 1 aromatic carbocycles. The van der Waals surface area contributed by atoms with E-state index in [0.29, 0.717) is 69.2 Å². The van der Waals surface area contributed by atoms with Gasteiger partial charge in [-0.15, -0.1) is 12.4 Å². The monoisotopic (exact) mass is 431 g/mol. The summed E-state index contributed by atoms with van der Waals surface area (Å²) in [4.78, 5) is 6.48. The SMILES string of the molecule is Cl.NCc1nc(CN2CCN(S(=O)(=O)c3ccc4c(c3)OCCO4)CC2)no1. The predicted octanol–water partition coefficient (Wildman–Crippen LogP) is 0.228. The molecule has 0 spiro atoms. The van der Waals surface area contributed by atoms with Gasteiger partial charge in [-0.3, -0.25) is 4.90 Å². The average Bonchev–Trinajstić information content (AvgIpc) is 3.15. The molecule has 3 heterocycles. The lowest BCUT2D eigenvalue weighted by Gasteiger charge is -2.33. The van der Waals surface area contributed by atoms with Crippen LogP contribution < -0.4 is 15.2 Å². The summed E-state index contributed by atoms with van der Waals surface area (Å²) in [5, 5.41) is 3.87. The van der Waals surface area contributed by atoms with Gasteiger partial charge in [-0.2, -0.15) is 9.29 Å². The second kappa shape index (κ2) is 8.62. The summed E-state index contributed by atoms with van der Waals surface area (Å²) in [6.07, 6.45) is 0. The Balaban J connectivity index is 0.00000225. The highest BCUT2D eigenvalue weighted by molar-refractivity contribution is 7.89. The average molecular weight is 432 g/mol. The van der Waals surface area contributed by atoms with E-state index >= 15 is 0 Å². The number of ether oxygens (including phenoxy) is 2. The van der Waals surface area contributed by atoms with Crippen molar-refractivity contribution in [3.8, 4) is 11.5 Å². The molecule has 1 aromatic heterocycles. The lowest BCUT2D eigenvalue weighted by Crippen LogP contribution is -2.48. The van der Waals surface area contributed by atoms with Crippen LogP contribution in [0, 0.1) is 0 Å². The van der Waals surface area contributed by atoms with Crippen LogP contribution in [0.4, 0.5) is 0 Å². The molecule has 2 aliphatic rings. The molecule has 10 nitrogen and oxygen atoms in total. The molecule has 12 heteroatoms. The van der Waals surface area contributed by atoms with E-state index in [4.69, 9.17) is 19.7 Å². The van der Waals surface area contributed by atoms with Gasteiger partial charge in [0.05, 0.1) is 18.0 Å². The van der Waals surface area contributed by atoms with Crippen molar-refractivity contribution in [3.63, 3.8) is 0 Å². The molecule has 2 aliphatic heterocycles. The second-order valence-electron chi connectivity index (χ2n) is 6.29. The normalized spacial score (nSPS) is 17.9. The van der Waals surface area contributed by atoms with E-state index in [1.807, 2.05) is 0 Å². The van der Waals surface area contributed by atoms with Gasteiger partial charge in [0.2, 0.25) is 15.9 Å². The zero-order valence-electron chi connectivity index (χ0n) is 15.1. The number of hydrogen-bond donors (Lipinski definition) is 1. The molecular weight excluding hydrogens is 410 g/mol. The first kappa shape index (κ1) is 20.8. The molecule has 1 fully saturated rings. The van der Waals surface area contributed by atoms with E-state index in [1.54, 1.807) is 12.1 Å². The summed E-state index contributed by atoms with van der Waals surface area (Å²) in [6, 6.07) is 4.73. The predicted molar refractivity (Wildman–Crippen MR) is 101 cm³/mol. The highest BCUT2D eigenvalue weighted by Crippen LogP contribution is 2.33. The molecule has 1 saturated heterocycles. The topological polar surface area (TPSA) is 124 Å². The first-order valence-electron chi connectivity index (χ1n) is 8.70. The minimum Gasteiger partial charge on any atom is -0.486 e. The first-order chi connectivity index (χ1) is 13.1. The molecular formula is C16H22ClN5O5S. The fourth-order valence-electron chi connectivity index (χ4n) is 3.10. The number of sulfonamides is 1. The summed E-state index contributed by atoms with van der Waals surface area (Å²) < 4.78 is 43.3. The van der Waals surface area contributed by atoms with Crippen LogP contribution in [-0.2, 0) is 23.1 Å². The number of rotatable bonds is 5. The number of fused-ring (bicyclic) bond motifs is 1. The zero-order valence-corrected chi connectivity index (χ0v) is 16.7. The largest absolute Gasteiger partial charge is 0.486 e. The Hall–Kier alpha value is -1.92. The van der Waals surface area contributed by atoms with Crippen LogP contribution in [0.3, 0.4) is 0 Å². The molecule has 0 amide bonds. The van der Waals surface area contributed by atoms with Crippen molar-refractivity contribution in [2.45, 2.75) is 18.0 Å². The van der Waals surface area contributed by atoms with Crippen LogP contribution in [-0.4, -0.2) is 67.2 Å². The summed E-state index contributed by atoms with van der Waals surface area (Å²) in [7, 11) is -3.59. The molecule has 0 unspecified atom stereocenters. The molecule has 0 atom stereocenters. The highest BCUT2D eigenvalue weighted by Gasteiger charge is 2.30. The number of halogens is 1. The Morgan fingerprint density at radius 3 is 2.46 bits per heavy atom. The third kappa shape index (κ3) is 4.23. The van der Waals surface area contributed by atoms with Gasteiger partial charge in [0.1, 0.15) is 13.2 Å². The molecule has 28 heavy (non-hydrogen) atoms. The van der Waals surface area contributed by atoms with Crippen LogP contribution in [0.1, 0.15) is 11.7 Å². The van der Waals surface area contributed by atoms with Crippen molar-refractivity contribution in [2.24, 2.45) is 5.73 Å². The number of benzene rings is 1. The van der Waals surface area contributed by atoms with Gasteiger partial charge in [0, 0.05) is 32.2 Å². The standard InChI is InChI=1S/C16H21N5O5S.ClH/c17-10-16-18-15(19-26-16)11-20-3-5-21(6-4-20)27(22,23)12-1-2-13-14(9-12)25-8-7-24-13;/h1-2,9H,3-8,10-11,17H2;1H. The smallest absolute Gasteiger partial charge is 0.243 e. The molecule has 154 valence electrons. The Kier molecular flexibility index (Phi) is 6.40. The van der Waals surface area contributed by atoms with E-state index in [9.17, 15) is 8.42 Å². The second-order valence-corrected chi connectivity index (χ2v) is 8.23. The van der Waals surface area contributed by atoms with Gasteiger partial charge in [0.15, 0.2) is 17.3 Å². The third-order valence-corrected chi connectivity index (χ3v) is 6.43. The van der Waals surface area contributed by atoms with Gasteiger partial charge in [-0.1, -0.05) is 5.16 Å². The number of nitrogens with zero attached hydrogens (tertiary/aromatic N) is 4. The van der Waals surface area contributed by atoms with E-state index in [1.165, 1.54) is 10.4 Å². The van der Waals surface area contributed by atoms with E-state index in [0.717, 1.165) is 0 Å². The molecule has 2 N–H and O–H groups in total. The summed E-state index contributed by atoms with van der Waals surface area (Å²) in [6.45, 7) is 3.52. The molecule has 0 radical (unpaired) electrons. The lowest BCUT2D eigenvalue weighted by atomic mass is 10.3. The Morgan fingerprint density at radius 2 is 1.79 bits per heavy atom. The Bertz CT molecular complexity index is 914. The maximum atomic E-state index is 12.9. The van der Waals surface area contributed by atoms with E-state index < -0.39 is 10.0 Å². The van der Waals surface area contributed by atoms with Crippen molar-refractivity contribution in [2.75, 3.05) is 39.4 Å². The van der Waals surface area contributed by atoms with Crippen molar-refractivity contribution in [1.29, 1.82) is 0 Å². The minimum absolute atomic E-state index is 0. The van der Waals surface area contributed by atoms with Crippen LogP contribution in [0.5, 0.6) is 11.5 Å². The Morgan fingerprint density at radius 1 is 1.07 bits per heavy atom. The maximum Gasteiger partial charge on any atom is 0.243 e. The summed E-state index contributed by atoms with van der Waals surface area (Å²) in [5.41, 5.74) is 5.46. The fraction of sp³-hybridized carbons (Fsp3) is 0.500. The highest BCUT2D eigenvalue weighted by atomic mass is 35.5. The molecule has 0 bridgehead atoms. The van der Waals surface area contributed by atoms with E-state index in [-0.39, 0.29) is 23.8 Å². The number of piperazine rings is 1. The molecule has 0 saturated carbocycles. The van der Waals surface area contributed by atoms with Crippen molar-refractivity contribution < 1.29 is 22.4 Å². The van der Waals surface area contributed by atoms with Gasteiger partial charge < -0.3 is 19.7 Å². The molecule has 4 rings (SSSR count). The van der Waals surface area contributed by atoms with Gasteiger partial charge in [-0.25, -0.2) is 8.42 Å². The van der Waals surface area contributed by atoms with Crippen LogP contribution in [0.2, 0.25) is 0 Å². The summed E-state index contributed by atoms with van der Waals surface area (Å²) in [5.74, 6) is 1.99. The molecule has 2 aromatic rings. The van der Waals surface area contributed by atoms with Gasteiger partial charge in [0.25, 0.3) is 0 Å². The third-order valence-electron chi connectivity index (χ3n) is 4.53. The van der Waals surface area contributed by atoms with Gasteiger partial charge >= 0.3 is 0 Å². The number of hydrogen-bond acceptors (Lipinski definition) is 9. The van der Waals surface area contributed by atoms with Crippen LogP contribution in [0.15, 0.2) is 27.6 Å². The fourth-order valence-corrected chi connectivity index (χ4v) is 4.54. The first-order valence-corrected chi connectivity index (χ1v) is 10.1. The lowest BCUT2D eigenvalue weighted by molar-refractivity contribution is 0.170. The maximum absolute atomic E-state index is 12.9. The van der Waals surface area contributed by atoms with Crippen molar-refractivity contribution in [3.05, 3.63) is 29.9 Å². The molecule has 0 aliphatic carbocycles. The van der Waals surface area contributed by atoms with Crippen molar-refractivity contribution in [1.82, 2.24) is 19.3 Å². The van der Waals surface area contributed by atoms with Crippen LogP contribution in [0.25, 0.3) is 0 Å². The quantitative estimate of drug-likeness (QED) is 0.708. The van der Waals surface area contributed by atoms with Crippen molar-refractivity contribution >= 4 is 22.4 Å². The Labute approximate surface area is 169 Å². The van der Waals surface area contributed by atoms with E-state index in [2.05, 4.69) is 15.0 Å². The summed E-state index contributed by atoms with van der Waals surface area (Å²) >= 11 is 0.